The molecule has 16 heavy (non-hydrogen) atoms. The first kappa shape index (κ1) is 10.9. The minimum atomic E-state index is 0.936. The van der Waals surface area contributed by atoms with Gasteiger partial charge in [-0.15, -0.1) is 0 Å². The Balaban J connectivity index is 2.78. The zero-order valence-electron chi connectivity index (χ0n) is 10.4. The highest BCUT2D eigenvalue weighted by Crippen LogP contribution is 2.26. The molecule has 0 saturated carbocycles. The number of anilines is 1. The fraction of sp³-hybridized carbons (Fsp3) is 0.357. The summed E-state index contributed by atoms with van der Waals surface area (Å²) in [7, 11) is 0. The lowest BCUT2D eigenvalue weighted by molar-refractivity contribution is 1.19. The number of fused-ring (bicyclic) bond motifs is 1. The van der Waals surface area contributed by atoms with Gasteiger partial charge >= 0.3 is 0 Å². The Morgan fingerprint density at radius 3 is 2.56 bits per heavy atom. The molecule has 0 spiro atoms. The van der Waals surface area contributed by atoms with Crippen molar-refractivity contribution in [3.63, 3.8) is 0 Å². The molecule has 1 aromatic carbocycles. The van der Waals surface area contributed by atoms with Crippen LogP contribution in [0.3, 0.4) is 0 Å². The van der Waals surface area contributed by atoms with Crippen LogP contribution in [0, 0.1) is 20.8 Å². The number of pyridine rings is 1. The molecular weight excluding hydrogens is 196 g/mol. The average Bonchev–Trinajstić information content (AvgIpc) is 2.20. The van der Waals surface area contributed by atoms with Crippen LogP contribution in [0.5, 0.6) is 0 Å². The van der Waals surface area contributed by atoms with E-state index in [1.807, 2.05) is 6.92 Å². The number of nitrogens with zero attached hydrogens (tertiary/aromatic N) is 1. The zero-order valence-corrected chi connectivity index (χ0v) is 10.4. The molecule has 0 fully saturated rings. The lowest BCUT2D eigenvalue weighted by atomic mass is 10.0. The molecule has 0 atom stereocenters. The van der Waals surface area contributed by atoms with Gasteiger partial charge in [0.2, 0.25) is 0 Å². The van der Waals surface area contributed by atoms with E-state index in [4.69, 9.17) is 0 Å². The van der Waals surface area contributed by atoms with Gasteiger partial charge < -0.3 is 5.32 Å². The van der Waals surface area contributed by atoms with E-state index in [9.17, 15) is 0 Å². The van der Waals surface area contributed by atoms with E-state index in [1.54, 1.807) is 0 Å². The van der Waals surface area contributed by atoms with Gasteiger partial charge in [0.15, 0.2) is 0 Å². The molecule has 1 N–H and O–H groups in total. The van der Waals surface area contributed by atoms with Crippen molar-refractivity contribution < 1.29 is 0 Å². The van der Waals surface area contributed by atoms with E-state index < -0.39 is 0 Å². The van der Waals surface area contributed by atoms with E-state index >= 15 is 0 Å². The molecule has 0 aliphatic heterocycles. The highest BCUT2D eigenvalue weighted by atomic mass is 14.9. The van der Waals surface area contributed by atoms with Crippen LogP contribution in [0.2, 0.25) is 0 Å². The van der Waals surface area contributed by atoms with Crippen LogP contribution >= 0.6 is 0 Å². The maximum atomic E-state index is 4.62. The van der Waals surface area contributed by atoms with Crippen molar-refractivity contribution in [1.82, 2.24) is 4.98 Å². The smallest absolute Gasteiger partial charge is 0.0755 e. The van der Waals surface area contributed by atoms with Crippen LogP contribution in [0.4, 0.5) is 5.69 Å². The van der Waals surface area contributed by atoms with Gasteiger partial charge in [0.05, 0.1) is 5.52 Å². The Labute approximate surface area is 96.7 Å². The van der Waals surface area contributed by atoms with Gasteiger partial charge in [-0.05, 0) is 45.4 Å². The maximum Gasteiger partial charge on any atom is 0.0755 e. The highest BCUT2D eigenvalue weighted by Gasteiger charge is 2.06. The third kappa shape index (κ3) is 1.87. The Kier molecular flexibility index (Phi) is 2.82. The average molecular weight is 214 g/mol. The van der Waals surface area contributed by atoms with E-state index in [1.165, 1.54) is 22.2 Å². The number of aryl methyl sites for hydroxylation is 3. The number of hydrogen-bond donors (Lipinski definition) is 1. The third-order valence-corrected chi connectivity index (χ3v) is 2.74. The Hall–Kier alpha value is -1.57. The SMILES string of the molecule is CCNc1cc(C)nc2c(C)cc(C)cc12. The minimum Gasteiger partial charge on any atom is -0.385 e. The summed E-state index contributed by atoms with van der Waals surface area (Å²) in [5.41, 5.74) is 5.90. The summed E-state index contributed by atoms with van der Waals surface area (Å²) in [4.78, 5) is 4.62. The fourth-order valence-corrected chi connectivity index (χ4v) is 2.15. The largest absolute Gasteiger partial charge is 0.385 e. The number of aromatic nitrogens is 1. The summed E-state index contributed by atoms with van der Waals surface area (Å²) in [5, 5.41) is 4.63. The number of hydrogen-bond acceptors (Lipinski definition) is 2. The third-order valence-electron chi connectivity index (χ3n) is 2.74. The second-order valence-electron chi connectivity index (χ2n) is 4.32. The monoisotopic (exact) mass is 214 g/mol. The Bertz CT molecular complexity index is 530. The van der Waals surface area contributed by atoms with Gasteiger partial charge in [0.1, 0.15) is 0 Å². The normalized spacial score (nSPS) is 10.8. The summed E-state index contributed by atoms with van der Waals surface area (Å²) in [5.74, 6) is 0. The quantitative estimate of drug-likeness (QED) is 0.826. The van der Waals surface area contributed by atoms with Crippen molar-refractivity contribution in [2.45, 2.75) is 27.7 Å². The van der Waals surface area contributed by atoms with E-state index in [-0.39, 0.29) is 0 Å². The predicted molar refractivity (Wildman–Crippen MR) is 70.1 cm³/mol. The molecule has 0 bridgehead atoms. The molecule has 0 saturated heterocycles. The molecule has 1 heterocycles. The summed E-state index contributed by atoms with van der Waals surface area (Å²) in [6.45, 7) is 9.34. The summed E-state index contributed by atoms with van der Waals surface area (Å²) >= 11 is 0. The first-order valence-corrected chi connectivity index (χ1v) is 5.74. The topological polar surface area (TPSA) is 24.9 Å². The van der Waals surface area contributed by atoms with Gasteiger partial charge in [-0.1, -0.05) is 11.6 Å². The molecule has 2 rings (SSSR count). The molecule has 0 aliphatic rings. The van der Waals surface area contributed by atoms with Crippen molar-refractivity contribution in [3.05, 3.63) is 35.0 Å². The lowest BCUT2D eigenvalue weighted by Gasteiger charge is -2.11. The second-order valence-corrected chi connectivity index (χ2v) is 4.32. The minimum absolute atomic E-state index is 0.936. The fourth-order valence-electron chi connectivity index (χ4n) is 2.15. The van der Waals surface area contributed by atoms with Crippen LogP contribution in [0.1, 0.15) is 23.7 Å². The van der Waals surface area contributed by atoms with Crippen molar-refractivity contribution in [2.75, 3.05) is 11.9 Å². The van der Waals surface area contributed by atoms with Gasteiger partial charge in [0, 0.05) is 23.3 Å². The van der Waals surface area contributed by atoms with Crippen molar-refractivity contribution in [3.8, 4) is 0 Å². The molecule has 84 valence electrons. The van der Waals surface area contributed by atoms with Crippen molar-refractivity contribution in [1.29, 1.82) is 0 Å². The van der Waals surface area contributed by atoms with Gasteiger partial charge in [-0.3, -0.25) is 4.98 Å². The molecular formula is C14H18N2. The first-order chi connectivity index (χ1) is 7.61. The van der Waals surface area contributed by atoms with Gasteiger partial charge in [-0.2, -0.15) is 0 Å². The molecule has 2 heteroatoms. The number of benzene rings is 1. The highest BCUT2D eigenvalue weighted by molar-refractivity contribution is 5.93. The first-order valence-electron chi connectivity index (χ1n) is 5.74. The number of nitrogens with one attached hydrogen (secondary N) is 1. The second kappa shape index (κ2) is 4.12. The zero-order chi connectivity index (χ0) is 11.7. The Morgan fingerprint density at radius 2 is 1.88 bits per heavy atom. The molecule has 0 amide bonds. The summed E-state index contributed by atoms with van der Waals surface area (Å²) in [6, 6.07) is 6.50. The lowest BCUT2D eigenvalue weighted by Crippen LogP contribution is -2.00. The van der Waals surface area contributed by atoms with E-state index in [2.05, 4.69) is 49.3 Å². The molecule has 2 aromatic rings. The van der Waals surface area contributed by atoms with Gasteiger partial charge in [-0.25, -0.2) is 0 Å². The molecule has 0 radical (unpaired) electrons. The van der Waals surface area contributed by atoms with Crippen LogP contribution in [-0.4, -0.2) is 11.5 Å². The molecule has 1 aromatic heterocycles. The van der Waals surface area contributed by atoms with Crippen LogP contribution in [-0.2, 0) is 0 Å². The van der Waals surface area contributed by atoms with Gasteiger partial charge in [0.25, 0.3) is 0 Å². The molecule has 2 nitrogen and oxygen atoms in total. The maximum absolute atomic E-state index is 4.62. The van der Waals surface area contributed by atoms with Crippen molar-refractivity contribution in [2.24, 2.45) is 0 Å². The summed E-state index contributed by atoms with van der Waals surface area (Å²) in [6.07, 6.45) is 0. The Morgan fingerprint density at radius 1 is 1.12 bits per heavy atom. The van der Waals surface area contributed by atoms with Crippen LogP contribution in [0.25, 0.3) is 10.9 Å². The van der Waals surface area contributed by atoms with Crippen LogP contribution in [0.15, 0.2) is 18.2 Å². The predicted octanol–water partition coefficient (Wildman–Crippen LogP) is 3.59. The molecule has 0 unspecified atom stereocenters. The standard InChI is InChI=1S/C14H18N2/c1-5-15-13-8-11(4)16-14-10(3)6-9(2)7-12(13)14/h6-8H,5H2,1-4H3,(H,15,16). The van der Waals surface area contributed by atoms with E-state index in [0.717, 1.165) is 17.8 Å². The number of rotatable bonds is 2. The molecule has 0 aliphatic carbocycles. The van der Waals surface area contributed by atoms with Crippen LogP contribution < -0.4 is 5.32 Å². The summed E-state index contributed by atoms with van der Waals surface area (Å²) < 4.78 is 0. The van der Waals surface area contributed by atoms with E-state index in [0.29, 0.717) is 0 Å². The van der Waals surface area contributed by atoms with Crippen molar-refractivity contribution >= 4 is 16.6 Å².